The van der Waals surface area contributed by atoms with E-state index in [9.17, 15) is 8.42 Å². The van der Waals surface area contributed by atoms with E-state index in [4.69, 9.17) is 28.9 Å². The van der Waals surface area contributed by atoms with Crippen LogP contribution in [0, 0.1) is 5.92 Å². The fourth-order valence-corrected chi connectivity index (χ4v) is 3.70. The van der Waals surface area contributed by atoms with Crippen LogP contribution < -0.4 is 5.73 Å². The third kappa shape index (κ3) is 3.85. The fourth-order valence-electron chi connectivity index (χ4n) is 1.25. The SMILES string of the molecule is CC(C)C(N)CS(=O)(=O)c1cc(Cl)ccc1Cl. The zero-order valence-corrected chi connectivity index (χ0v) is 12.0. The Morgan fingerprint density at radius 3 is 2.41 bits per heavy atom. The molecule has 3 nitrogen and oxygen atoms in total. The minimum atomic E-state index is -3.50. The molecule has 0 heterocycles. The lowest BCUT2D eigenvalue weighted by atomic mass is 10.1. The smallest absolute Gasteiger partial charge is 0.181 e. The second-order valence-corrected chi connectivity index (χ2v) is 7.11. The molecule has 0 saturated carbocycles. The van der Waals surface area contributed by atoms with Gasteiger partial charge in [-0.1, -0.05) is 37.0 Å². The lowest BCUT2D eigenvalue weighted by Gasteiger charge is -2.16. The van der Waals surface area contributed by atoms with Crippen molar-refractivity contribution in [1.29, 1.82) is 0 Å². The van der Waals surface area contributed by atoms with E-state index in [1.807, 2.05) is 13.8 Å². The molecule has 0 aliphatic carbocycles. The first-order valence-electron chi connectivity index (χ1n) is 5.17. The van der Waals surface area contributed by atoms with Crippen molar-refractivity contribution in [2.24, 2.45) is 11.7 Å². The molecule has 17 heavy (non-hydrogen) atoms. The zero-order chi connectivity index (χ0) is 13.2. The van der Waals surface area contributed by atoms with Crippen LogP contribution in [0.3, 0.4) is 0 Å². The highest BCUT2D eigenvalue weighted by molar-refractivity contribution is 7.91. The Labute approximate surface area is 112 Å². The molecule has 0 aliphatic heterocycles. The van der Waals surface area contributed by atoms with Crippen LogP contribution in [0.15, 0.2) is 23.1 Å². The molecule has 6 heteroatoms. The Kier molecular flexibility index (Phi) is 4.84. The second-order valence-electron chi connectivity index (χ2n) is 4.26. The van der Waals surface area contributed by atoms with Crippen LogP contribution in [0.5, 0.6) is 0 Å². The van der Waals surface area contributed by atoms with Gasteiger partial charge in [-0.05, 0) is 24.1 Å². The molecule has 96 valence electrons. The molecule has 1 atom stereocenters. The number of hydrogen-bond acceptors (Lipinski definition) is 3. The molecular formula is C11H15Cl2NO2S. The summed E-state index contributed by atoms with van der Waals surface area (Å²) in [6.45, 7) is 3.75. The van der Waals surface area contributed by atoms with Crippen LogP contribution in [-0.2, 0) is 9.84 Å². The van der Waals surface area contributed by atoms with Gasteiger partial charge >= 0.3 is 0 Å². The van der Waals surface area contributed by atoms with Crippen LogP contribution in [0.25, 0.3) is 0 Å². The fraction of sp³-hybridized carbons (Fsp3) is 0.455. The topological polar surface area (TPSA) is 60.2 Å². The minimum Gasteiger partial charge on any atom is -0.327 e. The Hall–Kier alpha value is -0.290. The molecule has 0 aromatic heterocycles. The average molecular weight is 296 g/mol. The highest BCUT2D eigenvalue weighted by Crippen LogP contribution is 2.26. The number of hydrogen-bond donors (Lipinski definition) is 1. The van der Waals surface area contributed by atoms with Gasteiger partial charge in [0.15, 0.2) is 9.84 Å². The van der Waals surface area contributed by atoms with Crippen LogP contribution in [0.4, 0.5) is 0 Å². The quantitative estimate of drug-likeness (QED) is 0.929. The molecule has 1 unspecified atom stereocenters. The van der Waals surface area contributed by atoms with Gasteiger partial charge in [0.05, 0.1) is 15.7 Å². The maximum absolute atomic E-state index is 12.1. The normalized spacial score (nSPS) is 14.0. The third-order valence-corrected chi connectivity index (χ3v) is 5.00. The summed E-state index contributed by atoms with van der Waals surface area (Å²) < 4.78 is 24.2. The maximum atomic E-state index is 12.1. The molecule has 0 aliphatic rings. The van der Waals surface area contributed by atoms with Crippen LogP contribution in [0.1, 0.15) is 13.8 Å². The van der Waals surface area contributed by atoms with Gasteiger partial charge in [0.25, 0.3) is 0 Å². The lowest BCUT2D eigenvalue weighted by Crippen LogP contribution is -2.34. The first kappa shape index (κ1) is 14.8. The Bertz CT molecular complexity index is 500. The standard InChI is InChI=1S/C11H15Cl2NO2S/c1-7(2)10(14)6-17(15,16)11-5-8(12)3-4-9(11)13/h3-5,7,10H,6,14H2,1-2H3. The minimum absolute atomic E-state index is 0.0442. The average Bonchev–Trinajstić information content (AvgIpc) is 2.20. The first-order chi connectivity index (χ1) is 7.74. The van der Waals surface area contributed by atoms with Crippen molar-refractivity contribution < 1.29 is 8.42 Å². The summed E-state index contributed by atoms with van der Waals surface area (Å²) in [6.07, 6.45) is 0. The highest BCUT2D eigenvalue weighted by atomic mass is 35.5. The van der Waals surface area contributed by atoms with Crippen LogP contribution in [-0.4, -0.2) is 20.2 Å². The number of nitrogens with two attached hydrogens (primary N) is 1. The molecule has 1 aromatic carbocycles. The Morgan fingerprint density at radius 2 is 1.88 bits per heavy atom. The summed E-state index contributed by atoms with van der Waals surface area (Å²) in [7, 11) is -3.50. The summed E-state index contributed by atoms with van der Waals surface area (Å²) in [5.74, 6) is -0.0483. The van der Waals surface area contributed by atoms with Crippen LogP contribution >= 0.6 is 23.2 Å². The van der Waals surface area contributed by atoms with E-state index in [1.165, 1.54) is 12.1 Å². The highest BCUT2D eigenvalue weighted by Gasteiger charge is 2.23. The van der Waals surface area contributed by atoms with Gasteiger partial charge in [0.1, 0.15) is 0 Å². The van der Waals surface area contributed by atoms with E-state index in [0.717, 1.165) is 0 Å². The molecule has 0 amide bonds. The van der Waals surface area contributed by atoms with E-state index >= 15 is 0 Å². The van der Waals surface area contributed by atoms with Crippen molar-refractivity contribution in [2.45, 2.75) is 24.8 Å². The first-order valence-corrected chi connectivity index (χ1v) is 7.58. The summed E-state index contributed by atoms with van der Waals surface area (Å²) in [5.41, 5.74) is 5.77. The van der Waals surface area contributed by atoms with E-state index in [1.54, 1.807) is 6.07 Å². The van der Waals surface area contributed by atoms with Gasteiger partial charge in [-0.3, -0.25) is 0 Å². The number of halogens is 2. The largest absolute Gasteiger partial charge is 0.327 e. The molecular weight excluding hydrogens is 281 g/mol. The maximum Gasteiger partial charge on any atom is 0.181 e. The van der Waals surface area contributed by atoms with Gasteiger partial charge < -0.3 is 5.73 Å². The molecule has 0 radical (unpaired) electrons. The van der Waals surface area contributed by atoms with E-state index in [0.29, 0.717) is 5.02 Å². The summed E-state index contributed by atoms with van der Waals surface area (Å²) >= 11 is 11.6. The summed E-state index contributed by atoms with van der Waals surface area (Å²) in [6, 6.07) is 3.95. The number of benzene rings is 1. The lowest BCUT2D eigenvalue weighted by molar-refractivity contribution is 0.516. The molecule has 1 aromatic rings. The van der Waals surface area contributed by atoms with E-state index in [2.05, 4.69) is 0 Å². The monoisotopic (exact) mass is 295 g/mol. The zero-order valence-electron chi connectivity index (χ0n) is 9.65. The van der Waals surface area contributed by atoms with Crippen molar-refractivity contribution in [3.8, 4) is 0 Å². The van der Waals surface area contributed by atoms with Crippen molar-refractivity contribution in [3.05, 3.63) is 28.2 Å². The van der Waals surface area contributed by atoms with E-state index < -0.39 is 15.9 Å². The molecule has 1 rings (SSSR count). The number of sulfone groups is 1. The molecule has 0 fully saturated rings. The third-order valence-electron chi connectivity index (χ3n) is 2.50. The molecule has 2 N–H and O–H groups in total. The van der Waals surface area contributed by atoms with Gasteiger partial charge in [-0.2, -0.15) is 0 Å². The summed E-state index contributed by atoms with van der Waals surface area (Å²) in [4.78, 5) is 0.0442. The van der Waals surface area contributed by atoms with Crippen molar-refractivity contribution in [1.82, 2.24) is 0 Å². The molecule has 0 saturated heterocycles. The molecule has 0 spiro atoms. The van der Waals surface area contributed by atoms with Gasteiger partial charge in [-0.25, -0.2) is 8.42 Å². The van der Waals surface area contributed by atoms with Gasteiger partial charge in [0.2, 0.25) is 0 Å². The number of rotatable bonds is 4. The van der Waals surface area contributed by atoms with Gasteiger partial charge in [-0.15, -0.1) is 0 Å². The van der Waals surface area contributed by atoms with E-state index in [-0.39, 0.29) is 21.6 Å². The summed E-state index contributed by atoms with van der Waals surface area (Å²) in [5, 5.41) is 0.511. The van der Waals surface area contributed by atoms with Gasteiger partial charge in [0, 0.05) is 11.1 Å². The second kappa shape index (κ2) is 5.57. The van der Waals surface area contributed by atoms with Crippen molar-refractivity contribution >= 4 is 33.0 Å². The van der Waals surface area contributed by atoms with Crippen LogP contribution in [0.2, 0.25) is 10.0 Å². The predicted molar refractivity (Wildman–Crippen MR) is 71.3 cm³/mol. The van der Waals surface area contributed by atoms with Crippen molar-refractivity contribution in [3.63, 3.8) is 0 Å². The Balaban J connectivity index is 3.09. The van der Waals surface area contributed by atoms with Crippen molar-refractivity contribution in [2.75, 3.05) is 5.75 Å². The molecule has 0 bridgehead atoms. The predicted octanol–water partition coefficient (Wildman–Crippen LogP) is 2.75. The Morgan fingerprint density at radius 1 is 1.29 bits per heavy atom.